The Bertz CT molecular complexity index is 1330. The average Bonchev–Trinajstić information content (AvgIpc) is 3.28. The summed E-state index contributed by atoms with van der Waals surface area (Å²) in [5, 5.41) is 4.51. The van der Waals surface area contributed by atoms with E-state index in [1.807, 2.05) is 11.0 Å². The second-order valence-electron chi connectivity index (χ2n) is 8.28. The molecule has 1 aliphatic rings. The van der Waals surface area contributed by atoms with Gasteiger partial charge in [0.2, 0.25) is 5.91 Å². The molecular weight excluding hydrogens is 455 g/mol. The van der Waals surface area contributed by atoms with Crippen molar-refractivity contribution in [3.05, 3.63) is 90.2 Å². The molecule has 4 aromatic rings. The molecule has 0 radical (unpaired) electrons. The minimum atomic E-state index is -0.384. The molecule has 35 heavy (non-hydrogen) atoms. The standard InChI is InChI=1S/C26H22F3N5O/c27-20-8-4-18(5-9-20)25-30-26(19-6-10-21(28)11-7-19)34(31-25)17-24(35)33-14-12-32(13-15-33)23-3-1-2-22(29)16-23/h1-11,16H,12-15,17H2. The van der Waals surface area contributed by atoms with E-state index in [0.29, 0.717) is 49.0 Å². The number of carbonyl (C=O) groups is 1. The number of amides is 1. The zero-order valence-electron chi connectivity index (χ0n) is 18.7. The number of piperazine rings is 1. The second kappa shape index (κ2) is 9.61. The Labute approximate surface area is 200 Å². The Morgan fingerprint density at radius 1 is 0.771 bits per heavy atom. The number of hydrogen-bond acceptors (Lipinski definition) is 4. The molecular formula is C26H22F3N5O. The SMILES string of the molecule is O=C(Cn1nc(-c2ccc(F)cc2)nc1-c1ccc(F)cc1)N1CCN(c2cccc(F)c2)CC1. The van der Waals surface area contributed by atoms with Crippen LogP contribution in [0.15, 0.2) is 72.8 Å². The van der Waals surface area contributed by atoms with E-state index in [9.17, 15) is 18.0 Å². The Balaban J connectivity index is 1.35. The van der Waals surface area contributed by atoms with Gasteiger partial charge in [0.15, 0.2) is 11.6 Å². The molecule has 0 unspecified atom stereocenters. The number of halogens is 3. The molecule has 0 atom stereocenters. The number of aromatic nitrogens is 3. The van der Waals surface area contributed by atoms with Crippen LogP contribution in [-0.2, 0) is 11.3 Å². The molecule has 0 aliphatic carbocycles. The summed E-state index contributed by atoms with van der Waals surface area (Å²) in [4.78, 5) is 21.5. The highest BCUT2D eigenvalue weighted by Crippen LogP contribution is 2.24. The monoisotopic (exact) mass is 477 g/mol. The molecule has 0 spiro atoms. The van der Waals surface area contributed by atoms with Crippen LogP contribution >= 0.6 is 0 Å². The summed E-state index contributed by atoms with van der Waals surface area (Å²) in [5.74, 6) is -0.435. The van der Waals surface area contributed by atoms with Crippen LogP contribution in [-0.4, -0.2) is 51.8 Å². The van der Waals surface area contributed by atoms with Gasteiger partial charge in [-0.2, -0.15) is 0 Å². The van der Waals surface area contributed by atoms with Crippen LogP contribution in [0.5, 0.6) is 0 Å². The van der Waals surface area contributed by atoms with Gasteiger partial charge in [-0.3, -0.25) is 4.79 Å². The van der Waals surface area contributed by atoms with E-state index in [1.54, 1.807) is 35.2 Å². The fourth-order valence-corrected chi connectivity index (χ4v) is 4.10. The Hall–Kier alpha value is -4.14. The van der Waals surface area contributed by atoms with E-state index in [0.717, 1.165) is 5.69 Å². The van der Waals surface area contributed by atoms with Gasteiger partial charge in [0.1, 0.15) is 24.0 Å². The minimum absolute atomic E-state index is 0.0547. The minimum Gasteiger partial charge on any atom is -0.368 e. The third-order valence-electron chi connectivity index (χ3n) is 5.97. The molecule has 1 aliphatic heterocycles. The largest absolute Gasteiger partial charge is 0.368 e. The summed E-state index contributed by atoms with van der Waals surface area (Å²) in [5.41, 5.74) is 2.00. The zero-order valence-corrected chi connectivity index (χ0v) is 18.7. The normalized spacial score (nSPS) is 13.8. The van der Waals surface area contributed by atoms with E-state index >= 15 is 0 Å². The van der Waals surface area contributed by atoms with Crippen molar-refractivity contribution in [3.63, 3.8) is 0 Å². The van der Waals surface area contributed by atoms with Crippen molar-refractivity contribution in [1.82, 2.24) is 19.7 Å². The second-order valence-corrected chi connectivity index (χ2v) is 8.28. The van der Waals surface area contributed by atoms with Crippen molar-refractivity contribution in [3.8, 4) is 22.8 Å². The predicted molar refractivity (Wildman–Crippen MR) is 126 cm³/mol. The summed E-state index contributed by atoms with van der Waals surface area (Å²) in [6, 6.07) is 18.0. The van der Waals surface area contributed by atoms with Crippen LogP contribution < -0.4 is 4.90 Å². The lowest BCUT2D eigenvalue weighted by atomic mass is 10.2. The Morgan fingerprint density at radius 3 is 2.03 bits per heavy atom. The summed E-state index contributed by atoms with van der Waals surface area (Å²) >= 11 is 0. The van der Waals surface area contributed by atoms with Gasteiger partial charge in [0.25, 0.3) is 0 Å². The maximum atomic E-state index is 13.6. The molecule has 178 valence electrons. The Kier molecular flexibility index (Phi) is 6.22. The van der Waals surface area contributed by atoms with Crippen LogP contribution in [0, 0.1) is 17.5 Å². The van der Waals surface area contributed by atoms with Crippen LogP contribution in [0.1, 0.15) is 0 Å². The van der Waals surface area contributed by atoms with E-state index < -0.39 is 0 Å². The molecule has 0 N–H and O–H groups in total. The van der Waals surface area contributed by atoms with Crippen LogP contribution in [0.3, 0.4) is 0 Å². The molecule has 0 saturated carbocycles. The molecule has 2 heterocycles. The maximum Gasteiger partial charge on any atom is 0.244 e. The summed E-state index contributed by atoms with van der Waals surface area (Å²) < 4.78 is 41.9. The lowest BCUT2D eigenvalue weighted by Gasteiger charge is -2.36. The summed E-state index contributed by atoms with van der Waals surface area (Å²) in [6.45, 7) is 2.08. The first-order valence-corrected chi connectivity index (χ1v) is 11.2. The van der Waals surface area contributed by atoms with Crippen molar-refractivity contribution in [2.45, 2.75) is 6.54 Å². The Morgan fingerprint density at radius 2 is 1.40 bits per heavy atom. The average molecular weight is 477 g/mol. The van der Waals surface area contributed by atoms with Gasteiger partial charge in [-0.15, -0.1) is 5.10 Å². The number of benzene rings is 3. The fraction of sp³-hybridized carbons (Fsp3) is 0.192. The summed E-state index contributed by atoms with van der Waals surface area (Å²) in [6.07, 6.45) is 0. The van der Waals surface area contributed by atoms with E-state index in [-0.39, 0.29) is 29.9 Å². The number of nitrogens with zero attached hydrogens (tertiary/aromatic N) is 5. The van der Waals surface area contributed by atoms with Crippen molar-refractivity contribution in [1.29, 1.82) is 0 Å². The van der Waals surface area contributed by atoms with E-state index in [1.165, 1.54) is 41.1 Å². The van der Waals surface area contributed by atoms with Crippen LogP contribution in [0.4, 0.5) is 18.9 Å². The lowest BCUT2D eigenvalue weighted by Crippen LogP contribution is -2.49. The molecule has 6 nitrogen and oxygen atoms in total. The first-order chi connectivity index (χ1) is 17.0. The van der Waals surface area contributed by atoms with Crippen molar-refractivity contribution in [2.24, 2.45) is 0 Å². The van der Waals surface area contributed by atoms with Crippen molar-refractivity contribution in [2.75, 3.05) is 31.1 Å². The molecule has 1 saturated heterocycles. The van der Waals surface area contributed by atoms with Gasteiger partial charge in [0.05, 0.1) is 0 Å². The molecule has 3 aromatic carbocycles. The quantitative estimate of drug-likeness (QED) is 0.428. The molecule has 5 rings (SSSR count). The number of hydrogen-bond donors (Lipinski definition) is 0. The van der Waals surface area contributed by atoms with Gasteiger partial charge in [-0.05, 0) is 66.7 Å². The van der Waals surface area contributed by atoms with Gasteiger partial charge < -0.3 is 9.80 Å². The predicted octanol–water partition coefficient (Wildman–Crippen LogP) is 4.38. The van der Waals surface area contributed by atoms with Gasteiger partial charge >= 0.3 is 0 Å². The smallest absolute Gasteiger partial charge is 0.244 e. The van der Waals surface area contributed by atoms with Crippen LogP contribution in [0.25, 0.3) is 22.8 Å². The number of anilines is 1. The topological polar surface area (TPSA) is 54.3 Å². The molecule has 1 aromatic heterocycles. The number of carbonyl (C=O) groups excluding carboxylic acids is 1. The molecule has 1 fully saturated rings. The molecule has 1 amide bonds. The maximum absolute atomic E-state index is 13.6. The third kappa shape index (κ3) is 5.03. The zero-order chi connectivity index (χ0) is 24.4. The highest BCUT2D eigenvalue weighted by molar-refractivity contribution is 5.77. The van der Waals surface area contributed by atoms with E-state index in [4.69, 9.17) is 0 Å². The highest BCUT2D eigenvalue weighted by atomic mass is 19.1. The highest BCUT2D eigenvalue weighted by Gasteiger charge is 2.24. The lowest BCUT2D eigenvalue weighted by molar-refractivity contribution is -0.132. The first-order valence-electron chi connectivity index (χ1n) is 11.2. The van der Waals surface area contributed by atoms with Gasteiger partial charge in [-0.1, -0.05) is 6.07 Å². The van der Waals surface area contributed by atoms with Gasteiger partial charge in [-0.25, -0.2) is 22.8 Å². The van der Waals surface area contributed by atoms with E-state index in [2.05, 4.69) is 10.1 Å². The van der Waals surface area contributed by atoms with Gasteiger partial charge in [0, 0.05) is 43.0 Å². The van der Waals surface area contributed by atoms with Crippen LogP contribution in [0.2, 0.25) is 0 Å². The summed E-state index contributed by atoms with van der Waals surface area (Å²) in [7, 11) is 0. The fourth-order valence-electron chi connectivity index (χ4n) is 4.10. The van der Waals surface area contributed by atoms with Crippen molar-refractivity contribution < 1.29 is 18.0 Å². The number of rotatable bonds is 5. The molecule has 0 bridgehead atoms. The molecule has 9 heteroatoms. The van der Waals surface area contributed by atoms with Crippen molar-refractivity contribution >= 4 is 11.6 Å². The first kappa shape index (κ1) is 22.6. The third-order valence-corrected chi connectivity index (χ3v) is 5.97.